The Labute approximate surface area is 137 Å². The van der Waals surface area contributed by atoms with Crippen molar-refractivity contribution in [2.45, 2.75) is 19.8 Å². The summed E-state index contributed by atoms with van der Waals surface area (Å²) in [5, 5.41) is 4.29. The number of pyridine rings is 1. The first-order chi connectivity index (χ1) is 10.6. The maximum Gasteiger partial charge on any atom is 0.230 e. The average Bonchev–Trinajstić information content (AvgIpc) is 2.96. The minimum Gasteiger partial charge on any atom is -0.346 e. The molecule has 0 bridgehead atoms. The Morgan fingerprint density at radius 1 is 1.50 bits per heavy atom. The van der Waals surface area contributed by atoms with Crippen LogP contribution in [-0.4, -0.2) is 33.3 Å². The summed E-state index contributed by atoms with van der Waals surface area (Å²) in [5.74, 6) is 1.21. The number of rotatable bonds is 3. The van der Waals surface area contributed by atoms with Crippen LogP contribution in [0.1, 0.15) is 18.7 Å². The number of aromatic nitrogens is 3. The molecule has 3 rings (SSSR count). The van der Waals surface area contributed by atoms with Gasteiger partial charge in [0.25, 0.3) is 0 Å². The molecule has 2 aromatic heterocycles. The fourth-order valence-electron chi connectivity index (χ4n) is 2.46. The fourth-order valence-corrected chi connectivity index (χ4v) is 3.28. The SMILES string of the molecule is Cc1nsc(N2CCCC(C(=O)Nc3ccc(Cl)cn3)C2)n1. The van der Waals surface area contributed by atoms with Crippen molar-refractivity contribution < 1.29 is 4.79 Å². The Bertz CT molecular complexity index is 660. The van der Waals surface area contributed by atoms with E-state index in [0.717, 1.165) is 30.3 Å². The summed E-state index contributed by atoms with van der Waals surface area (Å²) in [6.07, 6.45) is 3.35. The number of nitrogens with one attached hydrogen (secondary N) is 1. The van der Waals surface area contributed by atoms with Crippen LogP contribution in [0.25, 0.3) is 0 Å². The lowest BCUT2D eigenvalue weighted by Crippen LogP contribution is -2.40. The van der Waals surface area contributed by atoms with Crippen LogP contribution in [0.2, 0.25) is 5.02 Å². The van der Waals surface area contributed by atoms with E-state index in [1.165, 1.54) is 17.7 Å². The van der Waals surface area contributed by atoms with Crippen LogP contribution >= 0.6 is 23.1 Å². The van der Waals surface area contributed by atoms with E-state index in [1.807, 2.05) is 6.92 Å². The molecule has 1 unspecified atom stereocenters. The van der Waals surface area contributed by atoms with Crippen LogP contribution in [0.5, 0.6) is 0 Å². The second-order valence-corrected chi connectivity index (χ2v) is 6.43. The van der Waals surface area contributed by atoms with Gasteiger partial charge in [-0.05, 0) is 31.9 Å². The summed E-state index contributed by atoms with van der Waals surface area (Å²) in [7, 11) is 0. The molecule has 8 heteroatoms. The summed E-state index contributed by atoms with van der Waals surface area (Å²) in [6.45, 7) is 3.45. The zero-order valence-corrected chi connectivity index (χ0v) is 13.7. The van der Waals surface area contributed by atoms with Crippen molar-refractivity contribution in [3.63, 3.8) is 0 Å². The zero-order valence-electron chi connectivity index (χ0n) is 12.1. The second-order valence-electron chi connectivity index (χ2n) is 5.26. The molecule has 0 spiro atoms. The molecule has 1 fully saturated rings. The predicted octanol–water partition coefficient (Wildman–Crippen LogP) is 2.75. The first-order valence-electron chi connectivity index (χ1n) is 7.09. The monoisotopic (exact) mass is 337 g/mol. The number of aryl methyl sites for hydroxylation is 1. The van der Waals surface area contributed by atoms with E-state index >= 15 is 0 Å². The van der Waals surface area contributed by atoms with Crippen molar-refractivity contribution in [2.75, 3.05) is 23.3 Å². The molecule has 1 aliphatic rings. The molecule has 1 atom stereocenters. The van der Waals surface area contributed by atoms with Gasteiger partial charge in [-0.15, -0.1) is 0 Å². The number of carbonyl (C=O) groups excluding carboxylic acids is 1. The molecule has 1 N–H and O–H groups in total. The lowest BCUT2D eigenvalue weighted by atomic mass is 9.97. The molecule has 1 saturated heterocycles. The van der Waals surface area contributed by atoms with E-state index in [-0.39, 0.29) is 11.8 Å². The summed E-state index contributed by atoms with van der Waals surface area (Å²) in [5.41, 5.74) is 0. The first kappa shape index (κ1) is 15.2. The molecule has 0 aliphatic carbocycles. The van der Waals surface area contributed by atoms with Crippen LogP contribution in [-0.2, 0) is 4.79 Å². The lowest BCUT2D eigenvalue weighted by molar-refractivity contribution is -0.120. The van der Waals surface area contributed by atoms with E-state index in [2.05, 4.69) is 24.6 Å². The highest BCUT2D eigenvalue weighted by molar-refractivity contribution is 7.09. The standard InChI is InChI=1S/C14H16ClN5OS/c1-9-17-14(22-19-9)20-6-2-3-10(8-20)13(21)18-12-5-4-11(15)7-16-12/h4-5,7,10H,2-3,6,8H2,1H3,(H,16,18,21). The number of piperidine rings is 1. The normalized spacial score (nSPS) is 18.3. The Kier molecular flexibility index (Phi) is 4.54. The highest BCUT2D eigenvalue weighted by Crippen LogP contribution is 2.25. The number of hydrogen-bond acceptors (Lipinski definition) is 6. The number of anilines is 2. The largest absolute Gasteiger partial charge is 0.346 e. The van der Waals surface area contributed by atoms with Crippen LogP contribution in [0.4, 0.5) is 10.9 Å². The van der Waals surface area contributed by atoms with E-state index in [4.69, 9.17) is 11.6 Å². The van der Waals surface area contributed by atoms with Gasteiger partial charge in [0.2, 0.25) is 11.0 Å². The van der Waals surface area contributed by atoms with Crippen molar-refractivity contribution in [3.8, 4) is 0 Å². The van der Waals surface area contributed by atoms with Crippen molar-refractivity contribution >= 4 is 40.0 Å². The van der Waals surface area contributed by atoms with Gasteiger partial charge in [-0.2, -0.15) is 4.37 Å². The maximum absolute atomic E-state index is 12.4. The summed E-state index contributed by atoms with van der Waals surface area (Å²) < 4.78 is 4.20. The second kappa shape index (κ2) is 6.58. The van der Waals surface area contributed by atoms with Gasteiger partial charge in [0.15, 0.2) is 0 Å². The van der Waals surface area contributed by atoms with Gasteiger partial charge >= 0.3 is 0 Å². The number of halogens is 1. The third kappa shape index (κ3) is 3.53. The number of carbonyl (C=O) groups is 1. The fraction of sp³-hybridized carbons (Fsp3) is 0.429. The quantitative estimate of drug-likeness (QED) is 0.932. The van der Waals surface area contributed by atoms with Gasteiger partial charge in [0.05, 0.1) is 10.9 Å². The number of hydrogen-bond donors (Lipinski definition) is 1. The highest BCUT2D eigenvalue weighted by Gasteiger charge is 2.27. The van der Waals surface area contributed by atoms with Crippen LogP contribution < -0.4 is 10.2 Å². The molecular weight excluding hydrogens is 322 g/mol. The zero-order chi connectivity index (χ0) is 15.5. The Hall–Kier alpha value is -1.73. The third-order valence-corrected chi connectivity index (χ3v) is 4.65. The number of nitrogens with zero attached hydrogens (tertiary/aromatic N) is 4. The van der Waals surface area contributed by atoms with E-state index < -0.39 is 0 Å². The molecule has 3 heterocycles. The summed E-state index contributed by atoms with van der Waals surface area (Å²) >= 11 is 7.17. The van der Waals surface area contributed by atoms with Crippen LogP contribution in [0.15, 0.2) is 18.3 Å². The average molecular weight is 338 g/mol. The summed E-state index contributed by atoms with van der Waals surface area (Å²) in [6, 6.07) is 3.41. The van der Waals surface area contributed by atoms with Crippen molar-refractivity contribution in [1.82, 2.24) is 14.3 Å². The molecule has 1 aliphatic heterocycles. The van der Waals surface area contributed by atoms with Crippen molar-refractivity contribution in [3.05, 3.63) is 29.2 Å². The Morgan fingerprint density at radius 2 is 2.36 bits per heavy atom. The molecule has 2 aromatic rings. The van der Waals surface area contributed by atoms with Gasteiger partial charge in [0.1, 0.15) is 11.6 Å². The third-order valence-electron chi connectivity index (χ3n) is 3.56. The Morgan fingerprint density at radius 3 is 3.05 bits per heavy atom. The molecule has 0 radical (unpaired) electrons. The van der Waals surface area contributed by atoms with E-state index in [9.17, 15) is 4.79 Å². The van der Waals surface area contributed by atoms with Crippen molar-refractivity contribution in [1.29, 1.82) is 0 Å². The van der Waals surface area contributed by atoms with Gasteiger partial charge in [-0.3, -0.25) is 4.79 Å². The van der Waals surface area contributed by atoms with Gasteiger partial charge in [0, 0.05) is 30.8 Å². The molecule has 22 heavy (non-hydrogen) atoms. The van der Waals surface area contributed by atoms with Crippen molar-refractivity contribution in [2.24, 2.45) is 5.92 Å². The lowest BCUT2D eigenvalue weighted by Gasteiger charge is -2.31. The van der Waals surface area contributed by atoms with Gasteiger partial charge in [-0.25, -0.2) is 9.97 Å². The topological polar surface area (TPSA) is 71.0 Å². The predicted molar refractivity (Wildman–Crippen MR) is 87.5 cm³/mol. The minimum atomic E-state index is -0.0737. The molecule has 0 aromatic carbocycles. The van der Waals surface area contributed by atoms with Gasteiger partial charge < -0.3 is 10.2 Å². The highest BCUT2D eigenvalue weighted by atomic mass is 35.5. The molecule has 6 nitrogen and oxygen atoms in total. The Balaban J connectivity index is 1.63. The maximum atomic E-state index is 12.4. The summed E-state index contributed by atoms with van der Waals surface area (Å²) in [4.78, 5) is 23.0. The molecule has 0 saturated carbocycles. The number of amides is 1. The van der Waals surface area contributed by atoms with Crippen LogP contribution in [0, 0.1) is 12.8 Å². The van der Waals surface area contributed by atoms with Gasteiger partial charge in [-0.1, -0.05) is 11.6 Å². The van der Waals surface area contributed by atoms with E-state index in [0.29, 0.717) is 17.4 Å². The molecule has 1 amide bonds. The minimum absolute atomic E-state index is 0.0132. The van der Waals surface area contributed by atoms with E-state index in [1.54, 1.807) is 12.1 Å². The van der Waals surface area contributed by atoms with Crippen LogP contribution in [0.3, 0.4) is 0 Å². The smallest absolute Gasteiger partial charge is 0.230 e. The first-order valence-corrected chi connectivity index (χ1v) is 8.24. The molecular formula is C14H16ClN5OS. The molecule has 116 valence electrons.